The van der Waals surface area contributed by atoms with Gasteiger partial charge in [0.15, 0.2) is 9.84 Å². The third kappa shape index (κ3) is 7.58. The predicted octanol–water partition coefficient (Wildman–Crippen LogP) is 6.07. The van der Waals surface area contributed by atoms with Crippen molar-refractivity contribution in [3.8, 4) is 11.5 Å². The summed E-state index contributed by atoms with van der Waals surface area (Å²) in [5.41, 5.74) is 1.46. The lowest BCUT2D eigenvalue weighted by Crippen LogP contribution is -2.43. The molecule has 206 valence electrons. The van der Waals surface area contributed by atoms with Gasteiger partial charge in [-0.1, -0.05) is 30.3 Å². The van der Waals surface area contributed by atoms with E-state index in [1.54, 1.807) is 72.4 Å². The minimum Gasteiger partial charge on any atom is -0.506 e. The number of carbonyl (C=O) groups excluding carboxylic acids is 1. The first kappa shape index (κ1) is 28.6. The number of aromatic hydroxyl groups is 1. The average Bonchev–Trinajstić information content (AvgIpc) is 3.39. The summed E-state index contributed by atoms with van der Waals surface area (Å²) in [7, 11) is -3.37. The van der Waals surface area contributed by atoms with Crippen molar-refractivity contribution in [3.63, 3.8) is 0 Å². The molecule has 0 aliphatic carbocycles. The molecule has 0 saturated carbocycles. The molecule has 0 aromatic heterocycles. The van der Waals surface area contributed by atoms with E-state index in [9.17, 15) is 18.3 Å². The second-order valence-electron chi connectivity index (χ2n) is 10.3. The summed E-state index contributed by atoms with van der Waals surface area (Å²) >= 11 is 1.70. The maximum absolute atomic E-state index is 13.0. The maximum Gasteiger partial charge on any atom is 0.255 e. The molecule has 4 rings (SSSR count). The average molecular weight is 567 g/mol. The van der Waals surface area contributed by atoms with E-state index in [-0.39, 0.29) is 34.0 Å². The molecular formula is C30H34N2O5S2. The molecule has 39 heavy (non-hydrogen) atoms. The normalized spacial score (nSPS) is 15.4. The molecule has 0 radical (unpaired) electrons. The van der Waals surface area contributed by atoms with Crippen molar-refractivity contribution in [2.45, 2.75) is 49.4 Å². The lowest BCUT2D eigenvalue weighted by Gasteiger charge is -2.37. The molecular weight excluding hydrogens is 532 g/mol. The van der Waals surface area contributed by atoms with Crippen LogP contribution in [0.15, 0.2) is 89.3 Å². The predicted molar refractivity (Wildman–Crippen MR) is 157 cm³/mol. The molecule has 3 aromatic carbocycles. The summed E-state index contributed by atoms with van der Waals surface area (Å²) in [6.07, 6.45) is 2.97. The van der Waals surface area contributed by atoms with Gasteiger partial charge in [-0.15, -0.1) is 11.8 Å². The van der Waals surface area contributed by atoms with Crippen molar-refractivity contribution in [1.82, 2.24) is 4.90 Å². The van der Waals surface area contributed by atoms with Crippen LogP contribution in [0.1, 0.15) is 43.1 Å². The van der Waals surface area contributed by atoms with Crippen LogP contribution in [0.25, 0.3) is 0 Å². The van der Waals surface area contributed by atoms with Gasteiger partial charge in [-0.3, -0.25) is 4.79 Å². The van der Waals surface area contributed by atoms with Crippen molar-refractivity contribution in [2.75, 3.05) is 17.7 Å². The smallest absolute Gasteiger partial charge is 0.255 e. The fourth-order valence-corrected chi connectivity index (χ4v) is 6.65. The summed E-state index contributed by atoms with van der Waals surface area (Å²) in [5.74, 6) is 0.147. The quantitative estimate of drug-likeness (QED) is 0.287. The van der Waals surface area contributed by atoms with Crippen molar-refractivity contribution in [1.29, 1.82) is 0 Å². The van der Waals surface area contributed by atoms with Gasteiger partial charge in [0.25, 0.3) is 5.91 Å². The third-order valence-corrected chi connectivity index (χ3v) is 9.09. The van der Waals surface area contributed by atoms with Crippen LogP contribution < -0.4 is 10.1 Å². The van der Waals surface area contributed by atoms with Gasteiger partial charge in [-0.2, -0.15) is 0 Å². The topological polar surface area (TPSA) is 95.9 Å². The Morgan fingerprint density at radius 2 is 1.82 bits per heavy atom. The number of hydrogen-bond acceptors (Lipinski definition) is 7. The fourth-order valence-electron chi connectivity index (χ4n) is 4.27. The molecule has 1 amide bonds. The van der Waals surface area contributed by atoms with Gasteiger partial charge in [0.05, 0.1) is 16.3 Å². The molecule has 0 fully saturated rings. The Kier molecular flexibility index (Phi) is 8.92. The summed E-state index contributed by atoms with van der Waals surface area (Å²) < 4.78 is 31.1. The van der Waals surface area contributed by atoms with Gasteiger partial charge in [0.2, 0.25) is 0 Å². The van der Waals surface area contributed by atoms with E-state index in [0.29, 0.717) is 35.7 Å². The number of phenols is 1. The molecule has 1 unspecified atom stereocenters. The second-order valence-corrected chi connectivity index (χ2v) is 13.5. The van der Waals surface area contributed by atoms with Crippen molar-refractivity contribution < 1.29 is 23.1 Å². The Morgan fingerprint density at radius 1 is 1.05 bits per heavy atom. The highest BCUT2D eigenvalue weighted by atomic mass is 32.2. The molecule has 9 heteroatoms. The molecule has 3 aromatic rings. The van der Waals surface area contributed by atoms with E-state index >= 15 is 0 Å². The number of aryl methyl sites for hydroxylation is 1. The van der Waals surface area contributed by atoms with Crippen LogP contribution in [0, 0.1) is 0 Å². The standard InChI is InChI=1S/C30H34N2O5S2/c1-30(2,3)32-16-17-38-28(32)21-37-24-11-7-10-23(20-24)29(34)31-26-19-22(14-15-27(26)33)9-8-18-39(35,36)25-12-5-4-6-13-25/h4-7,10-17,19-20,28,33H,8-9,18,21H2,1-3H3,(H,31,34). The zero-order valence-corrected chi connectivity index (χ0v) is 24.0. The molecule has 7 nitrogen and oxygen atoms in total. The number of benzene rings is 3. The summed E-state index contributed by atoms with van der Waals surface area (Å²) in [5, 5.41) is 15.3. The Hall–Kier alpha value is -3.43. The second kappa shape index (κ2) is 12.2. The molecule has 1 aliphatic rings. The van der Waals surface area contributed by atoms with Crippen LogP contribution in [-0.2, 0) is 16.3 Å². The van der Waals surface area contributed by atoms with Crippen LogP contribution in [0.2, 0.25) is 0 Å². The summed E-state index contributed by atoms with van der Waals surface area (Å²) in [6.45, 7) is 6.91. The van der Waals surface area contributed by atoms with Gasteiger partial charge < -0.3 is 20.1 Å². The van der Waals surface area contributed by atoms with E-state index in [1.165, 1.54) is 6.07 Å². The van der Waals surface area contributed by atoms with Gasteiger partial charge in [-0.05, 0) is 87.0 Å². The maximum atomic E-state index is 13.0. The number of anilines is 1. The fraction of sp³-hybridized carbons (Fsp3) is 0.300. The first-order valence-electron chi connectivity index (χ1n) is 12.8. The van der Waals surface area contributed by atoms with Gasteiger partial charge in [0, 0.05) is 17.3 Å². The molecule has 2 N–H and O–H groups in total. The Balaban J connectivity index is 1.35. The highest BCUT2D eigenvalue weighted by Crippen LogP contribution is 2.32. The largest absolute Gasteiger partial charge is 0.506 e. The van der Waals surface area contributed by atoms with Crippen LogP contribution >= 0.6 is 11.8 Å². The minimum absolute atomic E-state index is 0.00924. The number of nitrogens with zero attached hydrogens (tertiary/aromatic N) is 1. The molecule has 1 heterocycles. The number of nitrogens with one attached hydrogen (secondary N) is 1. The number of thioether (sulfide) groups is 1. The number of amides is 1. The van der Waals surface area contributed by atoms with Crippen molar-refractivity contribution >= 4 is 33.2 Å². The van der Waals surface area contributed by atoms with Crippen LogP contribution in [0.4, 0.5) is 5.69 Å². The number of carbonyl (C=O) groups is 1. The lowest BCUT2D eigenvalue weighted by atomic mass is 10.1. The Morgan fingerprint density at radius 3 is 2.56 bits per heavy atom. The number of ether oxygens (including phenoxy) is 1. The lowest BCUT2D eigenvalue weighted by molar-refractivity contribution is 0.102. The molecule has 0 spiro atoms. The summed E-state index contributed by atoms with van der Waals surface area (Å²) in [4.78, 5) is 15.6. The first-order chi connectivity index (χ1) is 18.5. The highest BCUT2D eigenvalue weighted by Gasteiger charge is 2.29. The van der Waals surface area contributed by atoms with Crippen LogP contribution in [0.3, 0.4) is 0 Å². The minimum atomic E-state index is -3.37. The molecule has 0 bridgehead atoms. The summed E-state index contributed by atoms with van der Waals surface area (Å²) in [6, 6.07) is 20.2. The van der Waals surface area contributed by atoms with Crippen LogP contribution in [0.5, 0.6) is 11.5 Å². The third-order valence-electron chi connectivity index (χ3n) is 6.32. The molecule has 1 aliphatic heterocycles. The zero-order valence-electron chi connectivity index (χ0n) is 22.3. The van der Waals surface area contributed by atoms with E-state index in [4.69, 9.17) is 4.74 Å². The van der Waals surface area contributed by atoms with Crippen LogP contribution in [-0.4, -0.2) is 47.6 Å². The van der Waals surface area contributed by atoms with Crippen molar-refractivity contribution in [2.24, 2.45) is 0 Å². The zero-order chi connectivity index (χ0) is 28.0. The van der Waals surface area contributed by atoms with Gasteiger partial charge in [-0.25, -0.2) is 8.42 Å². The monoisotopic (exact) mass is 566 g/mol. The van der Waals surface area contributed by atoms with Crippen molar-refractivity contribution in [3.05, 3.63) is 95.5 Å². The highest BCUT2D eigenvalue weighted by molar-refractivity contribution is 8.02. The first-order valence-corrected chi connectivity index (χ1v) is 15.4. The van der Waals surface area contributed by atoms with Gasteiger partial charge >= 0.3 is 0 Å². The van der Waals surface area contributed by atoms with E-state index in [1.807, 2.05) is 6.07 Å². The molecule has 0 saturated heterocycles. The Labute approximate surface area is 234 Å². The number of rotatable bonds is 10. The van der Waals surface area contributed by atoms with Gasteiger partial charge in [0.1, 0.15) is 23.5 Å². The number of sulfone groups is 1. The van der Waals surface area contributed by atoms with E-state index < -0.39 is 9.84 Å². The van der Waals surface area contributed by atoms with E-state index in [0.717, 1.165) is 5.56 Å². The van der Waals surface area contributed by atoms with E-state index in [2.05, 4.69) is 42.6 Å². The molecule has 1 atom stereocenters. The number of hydrogen-bond donors (Lipinski definition) is 2. The Bertz CT molecular complexity index is 1430. The SMILES string of the molecule is CC(C)(C)N1C=CSC1COc1cccc(C(=O)Nc2cc(CCCS(=O)(=O)c3ccccc3)ccc2O)c1. The number of phenolic OH excluding ortho intramolecular Hbond substituents is 1.